The van der Waals surface area contributed by atoms with Crippen LogP contribution in [0, 0.1) is 5.92 Å². The average Bonchev–Trinajstić information content (AvgIpc) is 3.27. The molecule has 21 heavy (non-hydrogen) atoms. The van der Waals surface area contributed by atoms with Gasteiger partial charge in [0.25, 0.3) is 0 Å². The summed E-state index contributed by atoms with van der Waals surface area (Å²) in [5.41, 5.74) is 8.45. The van der Waals surface area contributed by atoms with Crippen molar-refractivity contribution in [3.63, 3.8) is 0 Å². The number of hydrogen-bond donors (Lipinski definition) is 1. The Morgan fingerprint density at radius 2 is 2.05 bits per heavy atom. The van der Waals surface area contributed by atoms with Crippen LogP contribution < -0.4 is 10.6 Å². The maximum absolute atomic E-state index is 12.2. The summed E-state index contributed by atoms with van der Waals surface area (Å²) in [6.45, 7) is 6.50. The van der Waals surface area contributed by atoms with Gasteiger partial charge in [0, 0.05) is 25.1 Å². The smallest absolute Gasteiger partial charge is 0.174 e. The molecular weight excluding hydrogens is 280 g/mol. The second kappa shape index (κ2) is 5.99. The van der Waals surface area contributed by atoms with Gasteiger partial charge in [-0.25, -0.2) is 0 Å². The number of ketones is 1. The lowest BCUT2D eigenvalue weighted by atomic mass is 10.0. The van der Waals surface area contributed by atoms with Crippen molar-refractivity contribution in [2.75, 3.05) is 23.7 Å². The molecule has 0 radical (unpaired) electrons. The van der Waals surface area contributed by atoms with Crippen LogP contribution >= 0.6 is 11.3 Å². The van der Waals surface area contributed by atoms with Crippen molar-refractivity contribution in [3.8, 4) is 0 Å². The first-order chi connectivity index (χ1) is 10.1. The van der Waals surface area contributed by atoms with Crippen LogP contribution in [0.4, 0.5) is 10.7 Å². The first kappa shape index (κ1) is 14.9. The Kier molecular flexibility index (Phi) is 4.25. The van der Waals surface area contributed by atoms with E-state index in [-0.39, 0.29) is 5.78 Å². The fourth-order valence-corrected chi connectivity index (χ4v) is 4.65. The second-order valence-corrected chi connectivity index (χ2v) is 7.64. The normalized spacial score (nSPS) is 23.1. The first-order valence-electron chi connectivity index (χ1n) is 8.32. The van der Waals surface area contributed by atoms with Crippen LogP contribution in [0.5, 0.6) is 0 Å². The summed E-state index contributed by atoms with van der Waals surface area (Å²) < 4.78 is 0. The van der Waals surface area contributed by atoms with Crippen molar-refractivity contribution in [2.24, 2.45) is 5.92 Å². The topological polar surface area (TPSA) is 46.3 Å². The Balaban J connectivity index is 1.94. The molecule has 3 nitrogen and oxygen atoms in total. The Morgan fingerprint density at radius 1 is 1.29 bits per heavy atom. The molecule has 1 aromatic heterocycles. The van der Waals surface area contributed by atoms with Crippen molar-refractivity contribution in [3.05, 3.63) is 10.4 Å². The van der Waals surface area contributed by atoms with Gasteiger partial charge in [-0.15, -0.1) is 11.3 Å². The molecule has 2 N–H and O–H groups in total. The molecule has 1 aliphatic heterocycles. The van der Waals surface area contributed by atoms with E-state index in [0.29, 0.717) is 12.3 Å². The van der Waals surface area contributed by atoms with Crippen LogP contribution in [0.2, 0.25) is 0 Å². The van der Waals surface area contributed by atoms with E-state index in [0.717, 1.165) is 29.6 Å². The predicted molar refractivity (Wildman–Crippen MR) is 90.6 cm³/mol. The highest BCUT2D eigenvalue weighted by Gasteiger charge is 2.34. The number of nitrogens with two attached hydrogens (primary N) is 1. The zero-order valence-electron chi connectivity index (χ0n) is 13.2. The molecule has 0 amide bonds. The standard InChI is InChI=1S/C17H26N2OS/c1-3-13(20)16-15(18)14(12-6-7-12)17(21-16)19-9-4-5-11(2)8-10-19/h11-12H,3-10,18H2,1-2H3. The van der Waals surface area contributed by atoms with Gasteiger partial charge >= 0.3 is 0 Å². The summed E-state index contributed by atoms with van der Waals surface area (Å²) >= 11 is 1.66. The lowest BCUT2D eigenvalue weighted by Crippen LogP contribution is -2.24. The number of nitrogens with zero attached hydrogens (tertiary/aromatic N) is 1. The van der Waals surface area contributed by atoms with Gasteiger partial charge in [-0.2, -0.15) is 0 Å². The van der Waals surface area contributed by atoms with Crippen LogP contribution in [-0.2, 0) is 0 Å². The second-order valence-electron chi connectivity index (χ2n) is 6.64. The number of nitrogen functional groups attached to an aromatic ring is 1. The van der Waals surface area contributed by atoms with Gasteiger partial charge in [-0.05, 0) is 43.9 Å². The minimum atomic E-state index is 0.203. The lowest BCUT2D eigenvalue weighted by molar-refractivity contribution is 0.0993. The molecule has 1 aliphatic carbocycles. The van der Waals surface area contributed by atoms with Crippen LogP contribution in [0.25, 0.3) is 0 Å². The minimum Gasteiger partial charge on any atom is -0.397 e. The fraction of sp³-hybridized carbons (Fsp3) is 0.706. The maximum Gasteiger partial charge on any atom is 0.174 e. The third-order valence-corrected chi connectivity index (χ3v) is 6.15. The van der Waals surface area contributed by atoms with Crippen LogP contribution in [0.1, 0.15) is 73.5 Å². The molecule has 4 heteroatoms. The van der Waals surface area contributed by atoms with E-state index in [4.69, 9.17) is 5.73 Å². The van der Waals surface area contributed by atoms with Gasteiger partial charge in [0.1, 0.15) is 0 Å². The largest absolute Gasteiger partial charge is 0.397 e. The summed E-state index contributed by atoms with van der Waals surface area (Å²) in [7, 11) is 0. The molecule has 2 fully saturated rings. The monoisotopic (exact) mass is 306 g/mol. The highest BCUT2D eigenvalue weighted by Crippen LogP contribution is 2.52. The molecule has 1 saturated carbocycles. The Bertz CT molecular complexity index is 533. The van der Waals surface area contributed by atoms with E-state index >= 15 is 0 Å². The van der Waals surface area contributed by atoms with E-state index < -0.39 is 0 Å². The Morgan fingerprint density at radius 3 is 2.71 bits per heavy atom. The van der Waals surface area contributed by atoms with Crippen molar-refractivity contribution >= 4 is 27.8 Å². The number of carbonyl (C=O) groups is 1. The zero-order valence-corrected chi connectivity index (χ0v) is 14.0. The number of anilines is 2. The van der Waals surface area contributed by atoms with Crippen molar-refractivity contribution in [2.45, 2.75) is 58.3 Å². The van der Waals surface area contributed by atoms with Crippen LogP contribution in [0.15, 0.2) is 0 Å². The van der Waals surface area contributed by atoms with Gasteiger partial charge in [-0.3, -0.25) is 4.79 Å². The van der Waals surface area contributed by atoms with Crippen molar-refractivity contribution in [1.82, 2.24) is 0 Å². The minimum absolute atomic E-state index is 0.203. The van der Waals surface area contributed by atoms with Gasteiger partial charge in [0.2, 0.25) is 0 Å². The predicted octanol–water partition coefficient (Wildman–Crippen LogP) is 4.43. The number of carbonyl (C=O) groups excluding carboxylic acids is 1. The van der Waals surface area contributed by atoms with E-state index in [1.54, 1.807) is 11.3 Å². The zero-order chi connectivity index (χ0) is 15.0. The number of rotatable bonds is 4. The average molecular weight is 306 g/mol. The molecule has 1 atom stereocenters. The van der Waals surface area contributed by atoms with Gasteiger partial charge in [-0.1, -0.05) is 13.8 Å². The van der Waals surface area contributed by atoms with Gasteiger partial charge < -0.3 is 10.6 Å². The lowest BCUT2D eigenvalue weighted by Gasteiger charge is -2.22. The summed E-state index contributed by atoms with van der Waals surface area (Å²) in [6.07, 6.45) is 6.83. The molecule has 0 bridgehead atoms. The quantitative estimate of drug-likeness (QED) is 0.837. The summed E-state index contributed by atoms with van der Waals surface area (Å²) in [6, 6.07) is 0. The van der Waals surface area contributed by atoms with Crippen LogP contribution in [-0.4, -0.2) is 18.9 Å². The third-order valence-electron chi connectivity index (χ3n) is 4.83. The SMILES string of the molecule is CCC(=O)c1sc(N2CCCC(C)CC2)c(C2CC2)c1N. The Hall–Kier alpha value is -1.03. The molecule has 1 saturated heterocycles. The van der Waals surface area contributed by atoms with E-state index in [2.05, 4.69) is 11.8 Å². The highest BCUT2D eigenvalue weighted by molar-refractivity contribution is 7.19. The van der Waals surface area contributed by atoms with E-state index in [9.17, 15) is 4.79 Å². The number of thiophene rings is 1. The van der Waals surface area contributed by atoms with Crippen molar-refractivity contribution in [1.29, 1.82) is 0 Å². The Labute approximate surface area is 131 Å². The third kappa shape index (κ3) is 2.96. The van der Waals surface area contributed by atoms with Gasteiger partial charge in [0.05, 0.1) is 15.6 Å². The summed E-state index contributed by atoms with van der Waals surface area (Å²) in [5.74, 6) is 1.62. The molecule has 2 heterocycles. The molecule has 0 aromatic carbocycles. The molecular formula is C17H26N2OS. The first-order valence-corrected chi connectivity index (χ1v) is 9.13. The van der Waals surface area contributed by atoms with Crippen molar-refractivity contribution < 1.29 is 4.79 Å². The van der Waals surface area contributed by atoms with Gasteiger partial charge in [0.15, 0.2) is 5.78 Å². The van der Waals surface area contributed by atoms with E-state index in [1.807, 2.05) is 6.92 Å². The summed E-state index contributed by atoms with van der Waals surface area (Å²) in [4.78, 5) is 15.5. The fourth-order valence-electron chi connectivity index (χ4n) is 3.28. The van der Waals surface area contributed by atoms with Crippen LogP contribution in [0.3, 0.4) is 0 Å². The van der Waals surface area contributed by atoms with E-state index in [1.165, 1.54) is 42.7 Å². The summed E-state index contributed by atoms with van der Waals surface area (Å²) in [5, 5.41) is 1.31. The maximum atomic E-state index is 12.2. The number of hydrogen-bond acceptors (Lipinski definition) is 4. The molecule has 116 valence electrons. The molecule has 1 unspecified atom stereocenters. The molecule has 0 spiro atoms. The molecule has 3 rings (SSSR count). The highest BCUT2D eigenvalue weighted by atomic mass is 32.1. The molecule has 2 aliphatic rings. The molecule has 1 aromatic rings. The number of Topliss-reactive ketones (excluding diaryl/α,β-unsaturated/α-hetero) is 1.